The number of methoxy groups -OCH3 is 1. The first-order chi connectivity index (χ1) is 11.7. The topological polar surface area (TPSA) is 71.4 Å². The second kappa shape index (κ2) is 9.01. The van der Waals surface area contributed by atoms with Crippen LogP contribution in [0.3, 0.4) is 0 Å². The number of ether oxygens (including phenoxy) is 2. The molecule has 122 valence electrons. The van der Waals surface area contributed by atoms with E-state index in [2.05, 4.69) is 22.2 Å². The van der Waals surface area contributed by atoms with Crippen molar-refractivity contribution in [1.29, 1.82) is 5.26 Å². The monoisotopic (exact) mass is 322 g/mol. The highest BCUT2D eigenvalue weighted by molar-refractivity contribution is 5.93. The van der Waals surface area contributed by atoms with Gasteiger partial charge < -0.3 is 14.8 Å². The summed E-state index contributed by atoms with van der Waals surface area (Å²) in [6.07, 6.45) is 2.13. The minimum absolute atomic E-state index is 0.104. The Morgan fingerprint density at radius 1 is 1.21 bits per heavy atom. The minimum Gasteiger partial charge on any atom is -0.493 e. The second-order valence-electron chi connectivity index (χ2n) is 4.92. The molecule has 0 amide bonds. The van der Waals surface area contributed by atoms with Crippen LogP contribution in [0.15, 0.2) is 66.4 Å². The molecule has 0 unspecified atom stereocenters. The van der Waals surface area contributed by atoms with Crippen LogP contribution < -0.4 is 10.1 Å². The molecule has 1 N–H and O–H groups in total. The molecule has 2 aromatic carbocycles. The molecule has 0 saturated heterocycles. The first kappa shape index (κ1) is 17.1. The maximum Gasteiger partial charge on any atom is 0.350 e. The number of carbonyl (C=O) groups is 1. The fraction of sp³-hybridized carbons (Fsp3) is 0.158. The van der Waals surface area contributed by atoms with E-state index >= 15 is 0 Å². The van der Waals surface area contributed by atoms with E-state index in [0.29, 0.717) is 18.0 Å². The highest BCUT2D eigenvalue weighted by Crippen LogP contribution is 2.18. The van der Waals surface area contributed by atoms with E-state index in [1.54, 1.807) is 12.1 Å². The van der Waals surface area contributed by atoms with Crippen LogP contribution >= 0.6 is 0 Å². The Balaban J connectivity index is 1.92. The van der Waals surface area contributed by atoms with E-state index in [-0.39, 0.29) is 5.57 Å². The van der Waals surface area contributed by atoms with Crippen molar-refractivity contribution in [3.8, 4) is 11.8 Å². The molecule has 2 aromatic rings. The number of nitriles is 1. The van der Waals surface area contributed by atoms with Crippen LogP contribution in [0.5, 0.6) is 5.75 Å². The van der Waals surface area contributed by atoms with Gasteiger partial charge in [0.15, 0.2) is 5.57 Å². The van der Waals surface area contributed by atoms with Crippen molar-refractivity contribution >= 4 is 11.7 Å². The van der Waals surface area contributed by atoms with Crippen molar-refractivity contribution < 1.29 is 14.3 Å². The van der Waals surface area contributed by atoms with Gasteiger partial charge in [-0.15, -0.1) is 0 Å². The maximum atomic E-state index is 11.3. The van der Waals surface area contributed by atoms with Gasteiger partial charge in [-0.1, -0.05) is 36.4 Å². The second-order valence-corrected chi connectivity index (χ2v) is 4.92. The lowest BCUT2D eigenvalue weighted by molar-refractivity contribution is -0.135. The SMILES string of the molecule is COC(=O)/C(C#N)=C\Nc1cccc(OCCc2ccccc2)c1. The van der Waals surface area contributed by atoms with Gasteiger partial charge in [0.2, 0.25) is 0 Å². The van der Waals surface area contributed by atoms with Crippen LogP contribution in [0.4, 0.5) is 5.69 Å². The van der Waals surface area contributed by atoms with Gasteiger partial charge in [-0.25, -0.2) is 4.79 Å². The number of anilines is 1. The minimum atomic E-state index is -0.680. The zero-order valence-electron chi connectivity index (χ0n) is 13.4. The van der Waals surface area contributed by atoms with Crippen molar-refractivity contribution in [2.24, 2.45) is 0 Å². The lowest BCUT2D eigenvalue weighted by atomic mass is 10.2. The molecule has 0 aliphatic carbocycles. The summed E-state index contributed by atoms with van der Waals surface area (Å²) in [6.45, 7) is 0.564. The molecule has 0 atom stereocenters. The van der Waals surface area contributed by atoms with Gasteiger partial charge >= 0.3 is 5.97 Å². The number of benzene rings is 2. The standard InChI is InChI=1S/C19H18N2O3/c1-23-19(22)16(13-20)14-21-17-8-5-9-18(12-17)24-11-10-15-6-3-2-4-7-15/h2-9,12,14,21H,10-11H2,1H3/b16-14-. The van der Waals surface area contributed by atoms with Gasteiger partial charge in [0.1, 0.15) is 11.8 Å². The molecule has 0 aromatic heterocycles. The summed E-state index contributed by atoms with van der Waals surface area (Å²) in [5, 5.41) is 11.8. The molecule has 5 heteroatoms. The number of hydrogen-bond acceptors (Lipinski definition) is 5. The first-order valence-corrected chi connectivity index (χ1v) is 7.45. The fourth-order valence-electron chi connectivity index (χ4n) is 2.01. The maximum absolute atomic E-state index is 11.3. The van der Waals surface area contributed by atoms with Gasteiger partial charge in [-0.3, -0.25) is 0 Å². The van der Waals surface area contributed by atoms with Gasteiger partial charge in [0.25, 0.3) is 0 Å². The largest absolute Gasteiger partial charge is 0.493 e. The Bertz CT molecular complexity index is 749. The summed E-state index contributed by atoms with van der Waals surface area (Å²) in [7, 11) is 1.23. The molecule has 0 spiro atoms. The average Bonchev–Trinajstić information content (AvgIpc) is 2.63. The number of rotatable bonds is 7. The third kappa shape index (κ3) is 5.18. The molecule has 2 rings (SSSR count). The summed E-state index contributed by atoms with van der Waals surface area (Å²) < 4.78 is 10.3. The number of nitrogens with zero attached hydrogens (tertiary/aromatic N) is 1. The molecule has 0 heterocycles. The molecule has 0 fully saturated rings. The number of esters is 1. The predicted octanol–water partition coefficient (Wildman–Crippen LogP) is 3.30. The predicted molar refractivity (Wildman–Crippen MR) is 91.4 cm³/mol. The highest BCUT2D eigenvalue weighted by Gasteiger charge is 2.07. The molecule has 0 aliphatic heterocycles. The molecule has 24 heavy (non-hydrogen) atoms. The van der Waals surface area contributed by atoms with Crippen LogP contribution in [-0.2, 0) is 16.0 Å². The van der Waals surface area contributed by atoms with Crippen molar-refractivity contribution in [1.82, 2.24) is 0 Å². The molecular formula is C19H18N2O3. The van der Waals surface area contributed by atoms with Gasteiger partial charge in [-0.2, -0.15) is 5.26 Å². The lowest BCUT2D eigenvalue weighted by Gasteiger charge is -2.08. The third-order valence-electron chi connectivity index (χ3n) is 3.25. The molecule has 0 radical (unpaired) electrons. The quantitative estimate of drug-likeness (QED) is 0.481. The normalized spacial score (nSPS) is 10.6. The van der Waals surface area contributed by atoms with Crippen molar-refractivity contribution in [2.45, 2.75) is 6.42 Å². The van der Waals surface area contributed by atoms with E-state index in [9.17, 15) is 4.79 Å². The van der Waals surface area contributed by atoms with Gasteiger partial charge in [0, 0.05) is 24.4 Å². The van der Waals surface area contributed by atoms with Gasteiger partial charge in [-0.05, 0) is 17.7 Å². The Morgan fingerprint density at radius 3 is 2.71 bits per heavy atom. The van der Waals surface area contributed by atoms with Crippen LogP contribution in [0.1, 0.15) is 5.56 Å². The number of nitrogens with one attached hydrogen (secondary N) is 1. The zero-order valence-corrected chi connectivity index (χ0v) is 13.4. The van der Waals surface area contributed by atoms with Crippen LogP contribution in [0.25, 0.3) is 0 Å². The summed E-state index contributed by atoms with van der Waals surface area (Å²) in [4.78, 5) is 11.3. The Kier molecular flexibility index (Phi) is 6.42. The Morgan fingerprint density at radius 2 is 2.00 bits per heavy atom. The molecular weight excluding hydrogens is 304 g/mol. The smallest absolute Gasteiger partial charge is 0.350 e. The fourth-order valence-corrected chi connectivity index (χ4v) is 2.01. The molecule has 5 nitrogen and oxygen atoms in total. The van der Waals surface area contributed by atoms with E-state index in [4.69, 9.17) is 10.00 Å². The Hall–Kier alpha value is -3.26. The average molecular weight is 322 g/mol. The van der Waals surface area contributed by atoms with Crippen molar-refractivity contribution in [3.05, 3.63) is 71.9 Å². The third-order valence-corrected chi connectivity index (χ3v) is 3.25. The van der Waals surface area contributed by atoms with Crippen LogP contribution in [0, 0.1) is 11.3 Å². The van der Waals surface area contributed by atoms with Crippen LogP contribution in [0.2, 0.25) is 0 Å². The first-order valence-electron chi connectivity index (χ1n) is 7.45. The van der Waals surface area contributed by atoms with E-state index in [1.165, 1.54) is 18.9 Å². The summed E-state index contributed by atoms with van der Waals surface area (Å²) >= 11 is 0. The summed E-state index contributed by atoms with van der Waals surface area (Å²) in [6, 6.07) is 19.2. The molecule has 0 bridgehead atoms. The Labute approximate surface area is 141 Å². The van der Waals surface area contributed by atoms with E-state index < -0.39 is 5.97 Å². The molecule has 0 saturated carbocycles. The number of hydrogen-bond donors (Lipinski definition) is 1. The lowest BCUT2D eigenvalue weighted by Crippen LogP contribution is -2.05. The van der Waals surface area contributed by atoms with E-state index in [0.717, 1.165) is 6.42 Å². The van der Waals surface area contributed by atoms with Gasteiger partial charge in [0.05, 0.1) is 13.7 Å². The summed E-state index contributed by atoms with van der Waals surface area (Å²) in [5.41, 5.74) is 1.82. The van der Waals surface area contributed by atoms with Crippen molar-refractivity contribution in [3.63, 3.8) is 0 Å². The van der Waals surface area contributed by atoms with Crippen molar-refractivity contribution in [2.75, 3.05) is 19.0 Å². The van der Waals surface area contributed by atoms with E-state index in [1.807, 2.05) is 36.4 Å². The van der Waals surface area contributed by atoms with Crippen LogP contribution in [-0.4, -0.2) is 19.7 Å². The highest BCUT2D eigenvalue weighted by atomic mass is 16.5. The number of carbonyl (C=O) groups excluding carboxylic acids is 1. The molecule has 0 aliphatic rings. The summed E-state index contributed by atoms with van der Waals surface area (Å²) in [5.74, 6) is 0.0289. The zero-order chi connectivity index (χ0) is 17.2.